The lowest BCUT2D eigenvalue weighted by Crippen LogP contribution is -2.59. The number of carboxylic acid groups (broad SMARTS) is 1. The van der Waals surface area contributed by atoms with Crippen molar-refractivity contribution >= 4 is 15.8 Å². The summed E-state index contributed by atoms with van der Waals surface area (Å²) < 4.78 is 24.3. The molecule has 0 saturated heterocycles. The monoisotopic (exact) mass is 258 g/mol. The van der Waals surface area contributed by atoms with Crippen LogP contribution >= 0.6 is 0 Å². The zero-order chi connectivity index (χ0) is 13.3. The number of rotatable bonds is 4. The van der Waals surface area contributed by atoms with Crippen LogP contribution in [0.3, 0.4) is 0 Å². The van der Waals surface area contributed by atoms with Gasteiger partial charge in [0, 0.05) is 6.54 Å². The quantitative estimate of drug-likeness (QED) is 0.666. The summed E-state index contributed by atoms with van der Waals surface area (Å²) in [6.45, 7) is 0.866. The normalized spacial score (nSPS) is 15.2. The van der Waals surface area contributed by atoms with Gasteiger partial charge in [-0.2, -0.15) is 0 Å². The molecule has 0 radical (unpaired) electrons. The van der Waals surface area contributed by atoms with Gasteiger partial charge in [0.25, 0.3) is 0 Å². The summed E-state index contributed by atoms with van der Waals surface area (Å²) in [7, 11) is -4.23. The molecule has 1 atom stereocenters. The first-order valence-electron chi connectivity index (χ1n) is 4.80. The Hall–Kier alpha value is -1.44. The van der Waals surface area contributed by atoms with Gasteiger partial charge in [-0.15, -0.1) is 0 Å². The number of hydrogen-bond acceptors (Lipinski definition) is 5. The molecule has 0 aliphatic rings. The van der Waals surface area contributed by atoms with Crippen molar-refractivity contribution in [2.24, 2.45) is 11.5 Å². The van der Waals surface area contributed by atoms with Crippen molar-refractivity contribution in [3.63, 3.8) is 0 Å². The predicted octanol–water partition coefficient (Wildman–Crippen LogP) is -0.533. The van der Waals surface area contributed by atoms with Crippen molar-refractivity contribution in [1.29, 1.82) is 0 Å². The molecule has 0 aliphatic heterocycles. The van der Waals surface area contributed by atoms with Crippen molar-refractivity contribution in [3.8, 4) is 0 Å². The highest BCUT2D eigenvalue weighted by molar-refractivity contribution is 7.93. The van der Waals surface area contributed by atoms with Crippen LogP contribution in [0.1, 0.15) is 5.56 Å². The van der Waals surface area contributed by atoms with E-state index in [0.717, 1.165) is 0 Å². The molecule has 0 aliphatic carbocycles. The number of benzene rings is 1. The molecule has 0 bridgehead atoms. The van der Waals surface area contributed by atoms with Gasteiger partial charge in [0.15, 0.2) is 0 Å². The second kappa shape index (κ2) is 4.44. The highest BCUT2D eigenvalue weighted by Gasteiger charge is 2.47. The molecule has 0 amide bonds. The maximum atomic E-state index is 12.2. The third-order valence-electron chi connectivity index (χ3n) is 2.53. The van der Waals surface area contributed by atoms with Gasteiger partial charge >= 0.3 is 5.97 Å². The fraction of sp³-hybridized carbons (Fsp3) is 0.300. The van der Waals surface area contributed by atoms with Crippen LogP contribution in [0, 0.1) is 6.92 Å². The van der Waals surface area contributed by atoms with Crippen LogP contribution in [0.2, 0.25) is 0 Å². The Balaban J connectivity index is 3.49. The molecule has 5 N–H and O–H groups in total. The summed E-state index contributed by atoms with van der Waals surface area (Å²) >= 11 is 0. The molecule has 0 aromatic heterocycles. The van der Waals surface area contributed by atoms with E-state index in [2.05, 4.69) is 0 Å². The van der Waals surface area contributed by atoms with E-state index in [9.17, 15) is 13.2 Å². The van der Waals surface area contributed by atoms with E-state index in [-0.39, 0.29) is 4.90 Å². The molecular formula is C10H14N2O4S. The van der Waals surface area contributed by atoms with Crippen molar-refractivity contribution in [1.82, 2.24) is 0 Å². The van der Waals surface area contributed by atoms with Crippen molar-refractivity contribution < 1.29 is 18.3 Å². The van der Waals surface area contributed by atoms with E-state index in [1.165, 1.54) is 12.1 Å². The van der Waals surface area contributed by atoms with E-state index >= 15 is 0 Å². The van der Waals surface area contributed by atoms with E-state index in [0.29, 0.717) is 5.56 Å². The molecule has 7 heteroatoms. The molecular weight excluding hydrogens is 244 g/mol. The van der Waals surface area contributed by atoms with Crippen LogP contribution in [-0.2, 0) is 14.6 Å². The third-order valence-corrected chi connectivity index (χ3v) is 4.87. The first-order chi connectivity index (χ1) is 7.77. The van der Waals surface area contributed by atoms with Gasteiger partial charge in [-0.1, -0.05) is 18.2 Å². The third kappa shape index (κ3) is 2.04. The molecule has 6 nitrogen and oxygen atoms in total. The number of aryl methyl sites for hydroxylation is 1. The lowest BCUT2D eigenvalue weighted by atomic mass is 10.2. The van der Waals surface area contributed by atoms with Gasteiger partial charge < -0.3 is 16.6 Å². The van der Waals surface area contributed by atoms with Crippen LogP contribution in [0.5, 0.6) is 0 Å². The smallest absolute Gasteiger partial charge is 0.341 e. The predicted molar refractivity (Wildman–Crippen MR) is 62.0 cm³/mol. The maximum Gasteiger partial charge on any atom is 0.341 e. The van der Waals surface area contributed by atoms with Gasteiger partial charge in [0.2, 0.25) is 14.7 Å². The molecule has 1 unspecified atom stereocenters. The Morgan fingerprint density at radius 2 is 1.94 bits per heavy atom. The van der Waals surface area contributed by atoms with Crippen molar-refractivity contribution in [3.05, 3.63) is 29.8 Å². The van der Waals surface area contributed by atoms with Gasteiger partial charge in [0.1, 0.15) is 0 Å². The second-order valence-electron chi connectivity index (χ2n) is 3.67. The maximum absolute atomic E-state index is 12.2. The van der Waals surface area contributed by atoms with Gasteiger partial charge in [-0.3, -0.25) is 0 Å². The standard InChI is InChI=1S/C10H14N2O4S/c1-7-4-2-3-5-8(7)17(15,16)10(12,6-11)9(13)14/h2-5H,6,11-12H2,1H3,(H,13,14). The number of carbonyl (C=O) groups is 1. The fourth-order valence-corrected chi connectivity index (χ4v) is 2.96. The number of carboxylic acids is 1. The lowest BCUT2D eigenvalue weighted by Gasteiger charge is -2.23. The molecule has 94 valence electrons. The summed E-state index contributed by atoms with van der Waals surface area (Å²) in [4.78, 5) is 8.38. The van der Waals surface area contributed by atoms with E-state index in [4.69, 9.17) is 16.6 Å². The van der Waals surface area contributed by atoms with Crippen LogP contribution in [0.15, 0.2) is 29.2 Å². The SMILES string of the molecule is Cc1ccccc1S(=O)(=O)C(N)(CN)C(=O)O. The molecule has 0 heterocycles. The van der Waals surface area contributed by atoms with Crippen LogP contribution in [-0.4, -0.2) is 30.9 Å². The van der Waals surface area contributed by atoms with Crippen molar-refractivity contribution in [2.75, 3.05) is 6.54 Å². The molecule has 0 saturated carbocycles. The minimum Gasteiger partial charge on any atom is -0.479 e. The highest BCUT2D eigenvalue weighted by atomic mass is 32.2. The highest BCUT2D eigenvalue weighted by Crippen LogP contribution is 2.24. The Kier molecular flexibility index (Phi) is 3.56. The molecule has 0 spiro atoms. The van der Waals surface area contributed by atoms with E-state index < -0.39 is 27.2 Å². The minimum absolute atomic E-state index is 0.115. The Bertz CT molecular complexity index is 541. The summed E-state index contributed by atoms with van der Waals surface area (Å²) in [5, 5.41) is 8.94. The van der Waals surface area contributed by atoms with Crippen LogP contribution in [0.25, 0.3) is 0 Å². The molecule has 1 aromatic carbocycles. The fourth-order valence-electron chi connectivity index (χ4n) is 1.37. The van der Waals surface area contributed by atoms with Crippen LogP contribution in [0.4, 0.5) is 0 Å². The van der Waals surface area contributed by atoms with E-state index in [1.54, 1.807) is 19.1 Å². The van der Waals surface area contributed by atoms with Gasteiger partial charge in [-0.05, 0) is 18.6 Å². The Morgan fingerprint density at radius 1 is 1.41 bits per heavy atom. The first-order valence-corrected chi connectivity index (χ1v) is 6.28. The summed E-state index contributed by atoms with van der Waals surface area (Å²) in [5.74, 6) is -1.66. The van der Waals surface area contributed by atoms with E-state index in [1.807, 2.05) is 0 Å². The Morgan fingerprint density at radius 3 is 2.35 bits per heavy atom. The number of nitrogens with two attached hydrogens (primary N) is 2. The van der Waals surface area contributed by atoms with Gasteiger partial charge in [-0.25, -0.2) is 13.2 Å². The zero-order valence-electron chi connectivity index (χ0n) is 9.25. The average molecular weight is 258 g/mol. The zero-order valence-corrected chi connectivity index (χ0v) is 10.1. The molecule has 1 aromatic rings. The topological polar surface area (TPSA) is 123 Å². The van der Waals surface area contributed by atoms with Gasteiger partial charge in [0.05, 0.1) is 4.90 Å². The Labute approximate surface area is 99.2 Å². The number of sulfone groups is 1. The first kappa shape index (κ1) is 13.6. The molecule has 0 fully saturated rings. The summed E-state index contributed by atoms with van der Waals surface area (Å²) in [6.07, 6.45) is 0. The lowest BCUT2D eigenvalue weighted by molar-refractivity contribution is -0.139. The molecule has 17 heavy (non-hydrogen) atoms. The average Bonchev–Trinajstić information content (AvgIpc) is 2.27. The number of aliphatic carboxylic acids is 1. The van der Waals surface area contributed by atoms with Crippen LogP contribution < -0.4 is 11.5 Å². The number of hydrogen-bond donors (Lipinski definition) is 3. The largest absolute Gasteiger partial charge is 0.479 e. The summed E-state index contributed by atoms with van der Waals surface area (Å²) in [5.41, 5.74) is 11.0. The minimum atomic E-state index is -4.23. The summed E-state index contributed by atoms with van der Waals surface area (Å²) in [6, 6.07) is 6.02. The molecule has 1 rings (SSSR count). The second-order valence-corrected chi connectivity index (χ2v) is 5.84. The van der Waals surface area contributed by atoms with Crippen molar-refractivity contribution in [2.45, 2.75) is 16.7 Å².